The number of carbonyl (C=O) groups is 1. The number of nitrogens with one attached hydrogen (secondary N) is 2. The minimum absolute atomic E-state index is 0.126. The van der Waals surface area contributed by atoms with Gasteiger partial charge in [0, 0.05) is 13.1 Å². The Morgan fingerprint density at radius 3 is 2.29 bits per heavy atom. The summed E-state index contributed by atoms with van der Waals surface area (Å²) in [7, 11) is -2.00. The van der Waals surface area contributed by atoms with Gasteiger partial charge >= 0.3 is 0 Å². The van der Waals surface area contributed by atoms with Gasteiger partial charge in [0.25, 0.3) is 5.91 Å². The van der Waals surface area contributed by atoms with E-state index in [0.717, 1.165) is 0 Å². The van der Waals surface area contributed by atoms with Crippen molar-refractivity contribution in [2.45, 2.75) is 44.2 Å². The van der Waals surface area contributed by atoms with Gasteiger partial charge in [-0.1, -0.05) is 6.92 Å². The lowest BCUT2D eigenvalue weighted by Gasteiger charge is -2.14. The Morgan fingerprint density at radius 1 is 1.24 bits per heavy atom. The molecule has 0 aliphatic rings. The molecule has 118 valence electrons. The molecule has 0 radical (unpaired) electrons. The van der Waals surface area contributed by atoms with Crippen molar-refractivity contribution >= 4 is 15.9 Å². The number of likely N-dealkylation sites (N-methyl/N-ethyl adjacent to an activating group) is 1. The zero-order chi connectivity index (χ0) is 16.0. The molecule has 0 spiro atoms. The normalized spacial score (nSPS) is 14.3. The van der Waals surface area contributed by atoms with Crippen molar-refractivity contribution in [2.75, 3.05) is 7.05 Å². The maximum absolute atomic E-state index is 12.1. The Kier molecular flexibility index (Phi) is 6.17. The molecule has 2 N–H and O–H groups in total. The SMILES string of the molecule is CC[C@H](C)NS(=O)(=O)c1ccc(O[C@H](C)C(=O)NC)cc1. The van der Waals surface area contributed by atoms with Gasteiger partial charge < -0.3 is 10.1 Å². The standard InChI is InChI=1S/C14H22N2O4S/c1-5-10(2)16-21(18,19)13-8-6-12(7-9-13)20-11(3)14(17)15-4/h6-11,16H,5H2,1-4H3,(H,15,17)/t10-,11+/m0/s1. The van der Waals surface area contributed by atoms with Crippen molar-refractivity contribution in [3.8, 4) is 5.75 Å². The number of hydrogen-bond acceptors (Lipinski definition) is 4. The molecule has 2 atom stereocenters. The molecule has 1 aromatic rings. The molecule has 0 saturated carbocycles. The van der Waals surface area contributed by atoms with Gasteiger partial charge in [-0.15, -0.1) is 0 Å². The zero-order valence-corrected chi connectivity index (χ0v) is 13.5. The number of rotatable bonds is 7. The average molecular weight is 314 g/mol. The van der Waals surface area contributed by atoms with Crippen LogP contribution in [-0.2, 0) is 14.8 Å². The van der Waals surface area contributed by atoms with E-state index in [2.05, 4.69) is 10.0 Å². The van der Waals surface area contributed by atoms with Crippen molar-refractivity contribution in [3.63, 3.8) is 0 Å². The van der Waals surface area contributed by atoms with Crippen LogP contribution in [0.4, 0.5) is 0 Å². The van der Waals surface area contributed by atoms with E-state index in [1.807, 2.05) is 6.92 Å². The van der Waals surface area contributed by atoms with Crippen LogP contribution in [0.1, 0.15) is 27.2 Å². The Bertz CT molecular complexity index is 569. The second-order valence-electron chi connectivity index (χ2n) is 4.78. The molecule has 1 rings (SSSR count). The average Bonchev–Trinajstić information content (AvgIpc) is 2.46. The monoisotopic (exact) mass is 314 g/mol. The topological polar surface area (TPSA) is 84.5 Å². The summed E-state index contributed by atoms with van der Waals surface area (Å²) in [6, 6.07) is 5.85. The number of amides is 1. The third-order valence-electron chi connectivity index (χ3n) is 3.03. The van der Waals surface area contributed by atoms with Crippen LogP contribution >= 0.6 is 0 Å². The highest BCUT2D eigenvalue weighted by atomic mass is 32.2. The number of hydrogen-bond donors (Lipinski definition) is 2. The minimum Gasteiger partial charge on any atom is -0.481 e. The molecule has 0 heterocycles. The first kappa shape index (κ1) is 17.5. The molecule has 0 fully saturated rings. The maximum Gasteiger partial charge on any atom is 0.260 e. The molecule has 0 aliphatic carbocycles. The summed E-state index contributed by atoms with van der Waals surface area (Å²) in [5.41, 5.74) is 0. The van der Waals surface area contributed by atoms with Crippen LogP contribution < -0.4 is 14.8 Å². The highest BCUT2D eigenvalue weighted by Gasteiger charge is 2.17. The quantitative estimate of drug-likeness (QED) is 0.794. The summed E-state index contributed by atoms with van der Waals surface area (Å²) in [6.45, 7) is 5.33. The zero-order valence-electron chi connectivity index (χ0n) is 12.7. The third-order valence-corrected chi connectivity index (χ3v) is 4.64. The van der Waals surface area contributed by atoms with Crippen molar-refractivity contribution in [3.05, 3.63) is 24.3 Å². The predicted molar refractivity (Wildman–Crippen MR) is 80.7 cm³/mol. The lowest BCUT2D eigenvalue weighted by Crippen LogP contribution is -2.33. The van der Waals surface area contributed by atoms with Crippen LogP contribution in [0, 0.1) is 0 Å². The first-order chi connectivity index (χ1) is 9.80. The molecule has 0 saturated heterocycles. The van der Waals surface area contributed by atoms with E-state index in [1.54, 1.807) is 13.8 Å². The van der Waals surface area contributed by atoms with E-state index in [-0.39, 0.29) is 16.8 Å². The van der Waals surface area contributed by atoms with Gasteiger partial charge in [0.05, 0.1) is 4.90 Å². The summed E-state index contributed by atoms with van der Waals surface area (Å²) in [5.74, 6) is 0.193. The van der Waals surface area contributed by atoms with Crippen molar-refractivity contribution in [1.29, 1.82) is 0 Å². The fraction of sp³-hybridized carbons (Fsp3) is 0.500. The van der Waals surface area contributed by atoms with Gasteiger partial charge in [-0.2, -0.15) is 0 Å². The molecule has 1 aromatic carbocycles. The van der Waals surface area contributed by atoms with Crippen LogP contribution in [0.2, 0.25) is 0 Å². The number of carbonyl (C=O) groups excluding carboxylic acids is 1. The Balaban J connectivity index is 2.80. The second-order valence-corrected chi connectivity index (χ2v) is 6.49. The van der Waals surface area contributed by atoms with Gasteiger partial charge in [-0.3, -0.25) is 4.79 Å². The fourth-order valence-corrected chi connectivity index (χ4v) is 2.90. The fourth-order valence-electron chi connectivity index (χ4n) is 1.57. The Labute approximate surface area is 125 Å². The van der Waals surface area contributed by atoms with Crippen LogP contribution in [0.5, 0.6) is 5.75 Å². The summed E-state index contributed by atoms with van der Waals surface area (Å²) in [4.78, 5) is 11.5. The summed E-state index contributed by atoms with van der Waals surface area (Å²) < 4.78 is 32.1. The van der Waals surface area contributed by atoms with Crippen molar-refractivity contribution in [2.24, 2.45) is 0 Å². The van der Waals surface area contributed by atoms with E-state index in [1.165, 1.54) is 31.3 Å². The molecular weight excluding hydrogens is 292 g/mol. The Morgan fingerprint density at radius 2 is 1.81 bits per heavy atom. The highest BCUT2D eigenvalue weighted by Crippen LogP contribution is 2.17. The Hall–Kier alpha value is -1.60. The van der Waals surface area contributed by atoms with E-state index >= 15 is 0 Å². The van der Waals surface area contributed by atoms with Gasteiger partial charge in [0.15, 0.2) is 6.10 Å². The van der Waals surface area contributed by atoms with Crippen LogP contribution in [0.15, 0.2) is 29.2 Å². The van der Waals surface area contributed by atoms with E-state index < -0.39 is 16.1 Å². The molecule has 21 heavy (non-hydrogen) atoms. The summed E-state index contributed by atoms with van der Waals surface area (Å²) in [5, 5.41) is 2.48. The lowest BCUT2D eigenvalue weighted by molar-refractivity contribution is -0.126. The van der Waals surface area contributed by atoms with Crippen LogP contribution in [0.25, 0.3) is 0 Å². The van der Waals surface area contributed by atoms with Gasteiger partial charge in [-0.25, -0.2) is 13.1 Å². The van der Waals surface area contributed by atoms with E-state index in [9.17, 15) is 13.2 Å². The summed E-state index contributed by atoms with van der Waals surface area (Å²) >= 11 is 0. The molecule has 0 aliphatic heterocycles. The lowest BCUT2D eigenvalue weighted by atomic mass is 10.3. The smallest absolute Gasteiger partial charge is 0.260 e. The molecule has 0 bridgehead atoms. The molecule has 1 amide bonds. The highest BCUT2D eigenvalue weighted by molar-refractivity contribution is 7.89. The van der Waals surface area contributed by atoms with Gasteiger partial charge in [0.1, 0.15) is 5.75 Å². The van der Waals surface area contributed by atoms with Crippen LogP contribution in [0.3, 0.4) is 0 Å². The predicted octanol–water partition coefficient (Wildman–Crippen LogP) is 1.28. The number of sulfonamides is 1. The number of ether oxygens (including phenoxy) is 1. The molecular formula is C14H22N2O4S. The second kappa shape index (κ2) is 7.42. The molecule has 6 nitrogen and oxygen atoms in total. The van der Waals surface area contributed by atoms with Crippen LogP contribution in [-0.4, -0.2) is 33.5 Å². The summed E-state index contributed by atoms with van der Waals surface area (Å²) in [6.07, 6.45) is 0.0695. The van der Waals surface area contributed by atoms with Gasteiger partial charge in [0.2, 0.25) is 10.0 Å². The minimum atomic E-state index is -3.52. The molecule has 0 aromatic heterocycles. The van der Waals surface area contributed by atoms with Crippen molar-refractivity contribution < 1.29 is 17.9 Å². The van der Waals surface area contributed by atoms with E-state index in [4.69, 9.17) is 4.74 Å². The van der Waals surface area contributed by atoms with E-state index in [0.29, 0.717) is 12.2 Å². The number of benzene rings is 1. The molecule has 7 heteroatoms. The first-order valence-corrected chi connectivity index (χ1v) is 8.29. The van der Waals surface area contributed by atoms with Crippen molar-refractivity contribution in [1.82, 2.24) is 10.0 Å². The third kappa shape index (κ3) is 5.02. The largest absolute Gasteiger partial charge is 0.481 e. The molecule has 0 unspecified atom stereocenters. The maximum atomic E-state index is 12.1. The first-order valence-electron chi connectivity index (χ1n) is 6.80. The van der Waals surface area contributed by atoms with Gasteiger partial charge in [-0.05, 0) is 44.5 Å².